The standard InChI is InChI=1S/C11H8BrClN2OS/c12-6-3-9(17-5-6)11-14-8-1-2-16-4-7(8)10(13)15-11/h3,5H,1-2,4H2. The summed E-state index contributed by atoms with van der Waals surface area (Å²) in [5, 5.41) is 2.52. The van der Waals surface area contributed by atoms with Crippen molar-refractivity contribution in [2.24, 2.45) is 0 Å². The molecule has 0 N–H and O–H groups in total. The Labute approximate surface area is 116 Å². The van der Waals surface area contributed by atoms with Gasteiger partial charge in [0.25, 0.3) is 0 Å². The first-order valence-electron chi connectivity index (χ1n) is 5.11. The van der Waals surface area contributed by atoms with E-state index < -0.39 is 0 Å². The molecule has 3 heterocycles. The zero-order chi connectivity index (χ0) is 11.8. The number of fused-ring (bicyclic) bond motifs is 1. The normalized spacial score (nSPS) is 14.7. The van der Waals surface area contributed by atoms with Gasteiger partial charge in [-0.15, -0.1) is 11.3 Å². The molecular formula is C11H8BrClN2OS. The van der Waals surface area contributed by atoms with Crippen molar-refractivity contribution in [1.82, 2.24) is 9.97 Å². The molecule has 0 atom stereocenters. The van der Waals surface area contributed by atoms with Crippen LogP contribution in [-0.2, 0) is 17.8 Å². The summed E-state index contributed by atoms with van der Waals surface area (Å²) in [5.41, 5.74) is 1.94. The van der Waals surface area contributed by atoms with Crippen molar-refractivity contribution in [2.75, 3.05) is 6.61 Å². The van der Waals surface area contributed by atoms with Gasteiger partial charge >= 0.3 is 0 Å². The topological polar surface area (TPSA) is 35.0 Å². The van der Waals surface area contributed by atoms with Gasteiger partial charge in [0, 0.05) is 21.8 Å². The fourth-order valence-electron chi connectivity index (χ4n) is 1.73. The van der Waals surface area contributed by atoms with Gasteiger partial charge in [-0.1, -0.05) is 11.6 Å². The Morgan fingerprint density at radius 3 is 3.06 bits per heavy atom. The smallest absolute Gasteiger partial charge is 0.171 e. The van der Waals surface area contributed by atoms with E-state index in [1.165, 1.54) is 0 Å². The summed E-state index contributed by atoms with van der Waals surface area (Å²) in [5.74, 6) is 0.700. The van der Waals surface area contributed by atoms with Gasteiger partial charge in [0.1, 0.15) is 5.15 Å². The largest absolute Gasteiger partial charge is 0.376 e. The highest BCUT2D eigenvalue weighted by Gasteiger charge is 2.18. The summed E-state index contributed by atoms with van der Waals surface area (Å²) < 4.78 is 6.40. The molecule has 0 aliphatic carbocycles. The van der Waals surface area contributed by atoms with E-state index in [0.717, 1.165) is 27.0 Å². The summed E-state index contributed by atoms with van der Waals surface area (Å²) in [7, 11) is 0. The van der Waals surface area contributed by atoms with Crippen LogP contribution in [0.4, 0.5) is 0 Å². The Bertz CT molecular complexity index is 573. The van der Waals surface area contributed by atoms with Crippen molar-refractivity contribution >= 4 is 38.9 Å². The summed E-state index contributed by atoms with van der Waals surface area (Å²) in [6.07, 6.45) is 0.803. The minimum atomic E-state index is 0.509. The molecule has 0 radical (unpaired) electrons. The average molecular weight is 332 g/mol. The third kappa shape index (κ3) is 2.25. The van der Waals surface area contributed by atoms with Crippen molar-refractivity contribution in [1.29, 1.82) is 0 Å². The first kappa shape index (κ1) is 11.6. The Kier molecular flexibility index (Phi) is 3.17. The Balaban J connectivity index is 2.10. The van der Waals surface area contributed by atoms with E-state index in [2.05, 4.69) is 25.9 Å². The zero-order valence-corrected chi connectivity index (χ0v) is 11.9. The van der Waals surface area contributed by atoms with E-state index in [9.17, 15) is 0 Å². The molecule has 6 heteroatoms. The van der Waals surface area contributed by atoms with Crippen molar-refractivity contribution in [3.63, 3.8) is 0 Å². The minimum Gasteiger partial charge on any atom is -0.376 e. The number of thiophene rings is 1. The molecule has 0 amide bonds. The molecular weight excluding hydrogens is 324 g/mol. The van der Waals surface area contributed by atoms with Crippen LogP contribution in [0.3, 0.4) is 0 Å². The second kappa shape index (κ2) is 4.65. The fourth-order valence-corrected chi connectivity index (χ4v) is 3.34. The lowest BCUT2D eigenvalue weighted by atomic mass is 10.1. The van der Waals surface area contributed by atoms with Crippen LogP contribution in [0.5, 0.6) is 0 Å². The molecule has 0 aromatic carbocycles. The van der Waals surface area contributed by atoms with Crippen LogP contribution in [0, 0.1) is 0 Å². The molecule has 1 aliphatic heterocycles. The maximum Gasteiger partial charge on any atom is 0.171 e. The van der Waals surface area contributed by atoms with Crippen molar-refractivity contribution in [3.05, 3.63) is 32.3 Å². The van der Waals surface area contributed by atoms with E-state index >= 15 is 0 Å². The monoisotopic (exact) mass is 330 g/mol. The maximum atomic E-state index is 6.17. The first-order valence-corrected chi connectivity index (χ1v) is 7.16. The summed E-state index contributed by atoms with van der Waals surface area (Å²) in [4.78, 5) is 9.93. The SMILES string of the molecule is Clc1nc(-c2cc(Br)cs2)nc2c1COCC2. The van der Waals surface area contributed by atoms with Gasteiger partial charge in [-0.25, -0.2) is 9.97 Å². The van der Waals surface area contributed by atoms with Gasteiger partial charge in [0.2, 0.25) is 0 Å². The van der Waals surface area contributed by atoms with E-state index in [0.29, 0.717) is 24.2 Å². The van der Waals surface area contributed by atoms with E-state index in [4.69, 9.17) is 16.3 Å². The Morgan fingerprint density at radius 1 is 1.41 bits per heavy atom. The number of nitrogens with zero attached hydrogens (tertiary/aromatic N) is 2. The third-order valence-corrected chi connectivity index (χ3v) is 4.56. The molecule has 0 spiro atoms. The number of hydrogen-bond acceptors (Lipinski definition) is 4. The van der Waals surface area contributed by atoms with Gasteiger partial charge < -0.3 is 4.74 Å². The molecule has 0 saturated carbocycles. The molecule has 2 aromatic rings. The molecule has 88 valence electrons. The first-order chi connectivity index (χ1) is 8.24. The maximum absolute atomic E-state index is 6.17. The van der Waals surface area contributed by atoms with Crippen LogP contribution < -0.4 is 0 Å². The van der Waals surface area contributed by atoms with Crippen LogP contribution in [0.25, 0.3) is 10.7 Å². The van der Waals surface area contributed by atoms with E-state index in [1.54, 1.807) is 11.3 Å². The molecule has 17 heavy (non-hydrogen) atoms. The lowest BCUT2D eigenvalue weighted by molar-refractivity contribution is 0.109. The van der Waals surface area contributed by atoms with Crippen LogP contribution >= 0.6 is 38.9 Å². The average Bonchev–Trinajstić information content (AvgIpc) is 2.76. The van der Waals surface area contributed by atoms with Crippen molar-refractivity contribution in [2.45, 2.75) is 13.0 Å². The molecule has 0 saturated heterocycles. The van der Waals surface area contributed by atoms with E-state index in [-0.39, 0.29) is 0 Å². The number of halogens is 2. The highest BCUT2D eigenvalue weighted by atomic mass is 79.9. The predicted octanol–water partition coefficient (Wildman–Crippen LogP) is 3.69. The number of rotatable bonds is 1. The summed E-state index contributed by atoms with van der Waals surface area (Å²) in [6, 6.07) is 2.00. The molecule has 1 aliphatic rings. The summed E-state index contributed by atoms with van der Waals surface area (Å²) >= 11 is 11.2. The minimum absolute atomic E-state index is 0.509. The Morgan fingerprint density at radius 2 is 2.29 bits per heavy atom. The lowest BCUT2D eigenvalue weighted by Crippen LogP contribution is -2.13. The van der Waals surface area contributed by atoms with Gasteiger partial charge in [-0.3, -0.25) is 0 Å². The van der Waals surface area contributed by atoms with Gasteiger partial charge in [-0.05, 0) is 22.0 Å². The second-order valence-corrected chi connectivity index (χ2v) is 5.88. The zero-order valence-electron chi connectivity index (χ0n) is 8.74. The highest BCUT2D eigenvalue weighted by Crippen LogP contribution is 2.30. The van der Waals surface area contributed by atoms with Crippen LogP contribution in [-0.4, -0.2) is 16.6 Å². The Hall–Kier alpha value is -0.490. The molecule has 2 aromatic heterocycles. The van der Waals surface area contributed by atoms with Crippen molar-refractivity contribution < 1.29 is 4.74 Å². The second-order valence-electron chi connectivity index (χ2n) is 3.70. The molecule has 0 bridgehead atoms. The lowest BCUT2D eigenvalue weighted by Gasteiger charge is -2.16. The number of ether oxygens (including phenoxy) is 1. The summed E-state index contributed by atoms with van der Waals surface area (Å²) in [6.45, 7) is 1.22. The highest BCUT2D eigenvalue weighted by molar-refractivity contribution is 9.10. The van der Waals surface area contributed by atoms with Gasteiger partial charge in [-0.2, -0.15) is 0 Å². The van der Waals surface area contributed by atoms with Crippen LogP contribution in [0.2, 0.25) is 5.15 Å². The quantitative estimate of drug-likeness (QED) is 0.748. The van der Waals surface area contributed by atoms with E-state index in [1.807, 2.05) is 11.4 Å². The number of aromatic nitrogens is 2. The third-order valence-electron chi connectivity index (χ3n) is 2.56. The number of hydrogen-bond donors (Lipinski definition) is 0. The molecule has 3 rings (SSSR count). The van der Waals surface area contributed by atoms with Crippen LogP contribution in [0.1, 0.15) is 11.3 Å². The van der Waals surface area contributed by atoms with Crippen molar-refractivity contribution in [3.8, 4) is 10.7 Å². The van der Waals surface area contributed by atoms with Crippen LogP contribution in [0.15, 0.2) is 15.9 Å². The molecule has 0 unspecified atom stereocenters. The molecule has 3 nitrogen and oxygen atoms in total. The van der Waals surface area contributed by atoms with Gasteiger partial charge in [0.05, 0.1) is 23.8 Å². The predicted molar refractivity (Wildman–Crippen MR) is 71.4 cm³/mol. The fraction of sp³-hybridized carbons (Fsp3) is 0.273. The molecule has 0 fully saturated rings. The van der Waals surface area contributed by atoms with Gasteiger partial charge in [0.15, 0.2) is 5.82 Å².